The quantitative estimate of drug-likeness (QED) is 0.808. The van der Waals surface area contributed by atoms with Crippen LogP contribution in [0.4, 0.5) is 13.2 Å². The molecular formula is C9H10ClF3O2. The van der Waals surface area contributed by atoms with Crippen molar-refractivity contribution in [3.63, 3.8) is 0 Å². The molecule has 1 aliphatic carbocycles. The monoisotopic (exact) mass is 242 g/mol. The van der Waals surface area contributed by atoms with E-state index in [4.69, 9.17) is 16.7 Å². The Bertz CT molecular complexity index is 320. The van der Waals surface area contributed by atoms with Crippen molar-refractivity contribution in [1.29, 1.82) is 0 Å². The summed E-state index contributed by atoms with van der Waals surface area (Å²) in [6, 6.07) is 0. The zero-order valence-corrected chi connectivity index (χ0v) is 8.86. The fourth-order valence-corrected chi connectivity index (χ4v) is 1.85. The van der Waals surface area contributed by atoms with Crippen LogP contribution in [0.3, 0.4) is 0 Å². The van der Waals surface area contributed by atoms with Crippen LogP contribution in [-0.4, -0.2) is 17.3 Å². The van der Waals surface area contributed by atoms with Crippen LogP contribution >= 0.6 is 11.6 Å². The van der Waals surface area contributed by atoms with Gasteiger partial charge in [-0.2, -0.15) is 13.2 Å². The predicted molar refractivity (Wildman–Crippen MR) is 48.4 cm³/mol. The Morgan fingerprint density at radius 2 is 1.93 bits per heavy atom. The lowest BCUT2D eigenvalue weighted by Crippen LogP contribution is -2.07. The van der Waals surface area contributed by atoms with Crippen LogP contribution < -0.4 is 0 Å². The zero-order valence-electron chi connectivity index (χ0n) is 8.10. The lowest BCUT2D eigenvalue weighted by molar-refractivity contribution is -0.139. The van der Waals surface area contributed by atoms with Gasteiger partial charge in [0.1, 0.15) is 5.03 Å². The standard InChI is InChI=1S/C9H10ClF3O2/c1-8(2)4(6(8)7(14)15)3-5(10)9(11,12)13/h3-4,6H,1-2H3,(H,14,15)/t4?,6-/m1/s1. The van der Waals surface area contributed by atoms with E-state index in [0.717, 1.165) is 6.08 Å². The summed E-state index contributed by atoms with van der Waals surface area (Å²) in [5.74, 6) is -2.52. The van der Waals surface area contributed by atoms with Crippen LogP contribution in [0, 0.1) is 17.3 Å². The molecule has 1 fully saturated rings. The van der Waals surface area contributed by atoms with Crippen LogP contribution in [0.2, 0.25) is 0 Å². The minimum Gasteiger partial charge on any atom is -0.481 e. The summed E-state index contributed by atoms with van der Waals surface area (Å²) in [4.78, 5) is 10.7. The predicted octanol–water partition coefficient (Wildman–Crippen LogP) is 3.03. The largest absolute Gasteiger partial charge is 0.481 e. The summed E-state index contributed by atoms with van der Waals surface area (Å²) in [5.41, 5.74) is -0.656. The maximum Gasteiger partial charge on any atom is 0.426 e. The maximum atomic E-state index is 12.1. The summed E-state index contributed by atoms with van der Waals surface area (Å²) < 4.78 is 36.2. The van der Waals surface area contributed by atoms with Gasteiger partial charge >= 0.3 is 12.1 Å². The third kappa shape index (κ3) is 2.27. The molecule has 0 spiro atoms. The average molecular weight is 243 g/mol. The van der Waals surface area contributed by atoms with Crippen LogP contribution in [0.25, 0.3) is 0 Å². The molecule has 86 valence electrons. The van der Waals surface area contributed by atoms with E-state index < -0.39 is 34.4 Å². The Balaban J connectivity index is 2.83. The summed E-state index contributed by atoms with van der Waals surface area (Å²) in [6.45, 7) is 3.21. The third-order valence-corrected chi connectivity index (χ3v) is 3.11. The number of halogens is 4. The molecule has 2 nitrogen and oxygen atoms in total. The van der Waals surface area contributed by atoms with Crippen molar-refractivity contribution < 1.29 is 23.1 Å². The second-order valence-electron chi connectivity index (χ2n) is 4.18. The van der Waals surface area contributed by atoms with Crippen molar-refractivity contribution >= 4 is 17.6 Å². The number of hydrogen-bond acceptors (Lipinski definition) is 1. The Hall–Kier alpha value is -0.710. The SMILES string of the molecule is CC1(C)C(C=C(Cl)C(F)(F)F)[C@@H]1C(=O)O. The first-order valence-corrected chi connectivity index (χ1v) is 4.63. The molecule has 0 heterocycles. The lowest BCUT2D eigenvalue weighted by Gasteiger charge is -2.04. The molecule has 1 saturated carbocycles. The number of alkyl halides is 3. The molecule has 6 heteroatoms. The molecular weight excluding hydrogens is 233 g/mol. The molecule has 15 heavy (non-hydrogen) atoms. The number of carboxylic acid groups (broad SMARTS) is 1. The van der Waals surface area contributed by atoms with Crippen LogP contribution in [-0.2, 0) is 4.79 Å². The Labute approximate surface area is 89.7 Å². The number of aliphatic carboxylic acids is 1. The first-order chi connectivity index (χ1) is 6.58. The van der Waals surface area contributed by atoms with Gasteiger partial charge in [0.2, 0.25) is 0 Å². The van der Waals surface area contributed by atoms with E-state index in [2.05, 4.69) is 0 Å². The van der Waals surface area contributed by atoms with E-state index in [0.29, 0.717) is 0 Å². The molecule has 1 unspecified atom stereocenters. The first kappa shape index (κ1) is 12.4. The highest BCUT2D eigenvalue weighted by atomic mass is 35.5. The molecule has 1 rings (SSSR count). The fraction of sp³-hybridized carbons (Fsp3) is 0.667. The van der Waals surface area contributed by atoms with Crippen molar-refractivity contribution in [1.82, 2.24) is 0 Å². The summed E-state index contributed by atoms with van der Waals surface area (Å²) >= 11 is 5.03. The van der Waals surface area contributed by atoms with Crippen molar-refractivity contribution in [2.24, 2.45) is 17.3 Å². The van der Waals surface area contributed by atoms with Crippen LogP contribution in [0.5, 0.6) is 0 Å². The lowest BCUT2D eigenvalue weighted by atomic mass is 10.1. The van der Waals surface area contributed by atoms with Gasteiger partial charge in [-0.1, -0.05) is 31.5 Å². The van der Waals surface area contributed by atoms with Crippen molar-refractivity contribution in [3.05, 3.63) is 11.1 Å². The van der Waals surface area contributed by atoms with Gasteiger partial charge in [-0.25, -0.2) is 0 Å². The summed E-state index contributed by atoms with van der Waals surface area (Å²) in [7, 11) is 0. The molecule has 0 aromatic rings. The van der Waals surface area contributed by atoms with Gasteiger partial charge in [-0.15, -0.1) is 0 Å². The normalized spacial score (nSPS) is 30.1. The minimum absolute atomic E-state index is 0.649. The number of carboxylic acids is 1. The first-order valence-electron chi connectivity index (χ1n) is 4.26. The second kappa shape index (κ2) is 3.40. The fourth-order valence-electron chi connectivity index (χ4n) is 1.71. The van der Waals surface area contributed by atoms with Gasteiger partial charge in [0.15, 0.2) is 0 Å². The molecule has 0 radical (unpaired) electrons. The molecule has 0 aromatic heterocycles. The molecule has 2 atom stereocenters. The van der Waals surface area contributed by atoms with E-state index in [1.165, 1.54) is 0 Å². The molecule has 1 aliphatic rings. The van der Waals surface area contributed by atoms with Crippen molar-refractivity contribution in [2.75, 3.05) is 0 Å². The summed E-state index contributed by atoms with van der Waals surface area (Å²) in [6.07, 6.45) is -3.80. The third-order valence-electron chi connectivity index (χ3n) is 2.77. The van der Waals surface area contributed by atoms with Gasteiger partial charge < -0.3 is 5.11 Å². The highest BCUT2D eigenvalue weighted by molar-refractivity contribution is 6.30. The summed E-state index contributed by atoms with van der Waals surface area (Å²) in [5, 5.41) is 7.48. The van der Waals surface area contributed by atoms with Gasteiger partial charge in [0, 0.05) is 0 Å². The second-order valence-corrected chi connectivity index (χ2v) is 4.58. The van der Waals surface area contributed by atoms with E-state index in [9.17, 15) is 18.0 Å². The van der Waals surface area contributed by atoms with Gasteiger partial charge in [0.05, 0.1) is 5.92 Å². The molecule has 0 aliphatic heterocycles. The van der Waals surface area contributed by atoms with E-state index in [1.54, 1.807) is 13.8 Å². The van der Waals surface area contributed by atoms with Crippen molar-refractivity contribution in [3.8, 4) is 0 Å². The molecule has 0 bridgehead atoms. The average Bonchev–Trinajstić information content (AvgIpc) is 2.50. The zero-order chi connectivity index (χ0) is 12.0. The number of rotatable bonds is 2. The Morgan fingerprint density at radius 3 is 2.20 bits per heavy atom. The molecule has 0 aromatic carbocycles. The van der Waals surface area contributed by atoms with Gasteiger partial charge in [-0.3, -0.25) is 4.79 Å². The van der Waals surface area contributed by atoms with Gasteiger partial charge in [-0.05, 0) is 11.3 Å². The highest BCUT2D eigenvalue weighted by Gasteiger charge is 2.61. The van der Waals surface area contributed by atoms with E-state index in [1.807, 2.05) is 0 Å². The van der Waals surface area contributed by atoms with E-state index >= 15 is 0 Å². The highest BCUT2D eigenvalue weighted by Crippen LogP contribution is 2.60. The number of hydrogen-bond donors (Lipinski definition) is 1. The van der Waals surface area contributed by atoms with Crippen LogP contribution in [0.15, 0.2) is 11.1 Å². The van der Waals surface area contributed by atoms with Gasteiger partial charge in [0.25, 0.3) is 0 Å². The number of allylic oxidation sites excluding steroid dienone is 2. The molecule has 0 saturated heterocycles. The smallest absolute Gasteiger partial charge is 0.426 e. The topological polar surface area (TPSA) is 37.3 Å². The molecule has 1 N–H and O–H groups in total. The Kier molecular flexibility index (Phi) is 2.80. The maximum absolute atomic E-state index is 12.1. The number of carbonyl (C=O) groups is 1. The minimum atomic E-state index is -4.59. The van der Waals surface area contributed by atoms with Crippen LogP contribution in [0.1, 0.15) is 13.8 Å². The van der Waals surface area contributed by atoms with E-state index in [-0.39, 0.29) is 0 Å². The molecule has 0 amide bonds. The Morgan fingerprint density at radius 1 is 1.47 bits per heavy atom. The van der Waals surface area contributed by atoms with Crippen molar-refractivity contribution in [2.45, 2.75) is 20.0 Å².